The number of anilines is 1. The van der Waals surface area contributed by atoms with E-state index in [0.717, 1.165) is 11.3 Å². The van der Waals surface area contributed by atoms with Crippen molar-refractivity contribution < 1.29 is 18.4 Å². The first-order valence-electron chi connectivity index (χ1n) is 9.32. The summed E-state index contributed by atoms with van der Waals surface area (Å²) in [7, 11) is 1.73. The van der Waals surface area contributed by atoms with Gasteiger partial charge in [-0.25, -0.2) is 8.78 Å². The van der Waals surface area contributed by atoms with Gasteiger partial charge in [-0.05, 0) is 36.3 Å². The molecule has 26 heavy (non-hydrogen) atoms. The molecule has 1 aliphatic carbocycles. The van der Waals surface area contributed by atoms with Gasteiger partial charge < -0.3 is 9.80 Å². The van der Waals surface area contributed by atoms with Gasteiger partial charge in [-0.15, -0.1) is 0 Å². The lowest BCUT2D eigenvalue weighted by atomic mass is 9.76. The number of nitrogens with zero attached hydrogens (tertiary/aromatic N) is 2. The van der Waals surface area contributed by atoms with Crippen LogP contribution in [0.2, 0.25) is 0 Å². The highest BCUT2D eigenvalue weighted by molar-refractivity contribution is 6.02. The van der Waals surface area contributed by atoms with E-state index in [1.165, 1.54) is 0 Å². The van der Waals surface area contributed by atoms with Crippen molar-refractivity contribution in [1.29, 1.82) is 0 Å². The van der Waals surface area contributed by atoms with Crippen LogP contribution in [0.15, 0.2) is 24.3 Å². The molecule has 140 valence electrons. The number of amides is 2. The second kappa shape index (κ2) is 6.03. The number of piperidine rings is 1. The topological polar surface area (TPSA) is 40.6 Å². The SMILES string of the molecule is CN1C(=O)CC(C(=O)N2CCC3(CC2)CCC(F)(F)C3)c2ccccc21. The standard InChI is InChI=1S/C20H24F2N2O2/c1-23-16-5-3-2-4-14(16)15(12-17(23)25)18(26)24-10-8-19(9-11-24)6-7-20(21,22)13-19/h2-5,15H,6-13H2,1H3. The van der Waals surface area contributed by atoms with Crippen molar-refractivity contribution in [2.24, 2.45) is 5.41 Å². The van der Waals surface area contributed by atoms with E-state index in [1.807, 2.05) is 24.3 Å². The van der Waals surface area contributed by atoms with E-state index in [1.54, 1.807) is 16.8 Å². The highest BCUT2D eigenvalue weighted by Gasteiger charge is 2.51. The van der Waals surface area contributed by atoms with Gasteiger partial charge in [0.15, 0.2) is 0 Å². The maximum atomic E-state index is 13.6. The van der Waals surface area contributed by atoms with Gasteiger partial charge in [-0.2, -0.15) is 0 Å². The Labute approximate surface area is 152 Å². The first-order chi connectivity index (χ1) is 12.3. The number of hydrogen-bond acceptors (Lipinski definition) is 2. The van der Waals surface area contributed by atoms with E-state index in [4.69, 9.17) is 0 Å². The van der Waals surface area contributed by atoms with Crippen molar-refractivity contribution in [2.75, 3.05) is 25.0 Å². The number of hydrogen-bond donors (Lipinski definition) is 0. The van der Waals surface area contributed by atoms with Crippen LogP contribution in [0.3, 0.4) is 0 Å². The number of carbonyl (C=O) groups excluding carboxylic acids is 2. The number of benzene rings is 1. The normalized spacial score (nSPS) is 26.9. The summed E-state index contributed by atoms with van der Waals surface area (Å²) in [4.78, 5) is 28.8. The number of halogens is 2. The predicted molar refractivity (Wildman–Crippen MR) is 94.3 cm³/mol. The Morgan fingerprint density at radius 3 is 2.46 bits per heavy atom. The van der Waals surface area contributed by atoms with Gasteiger partial charge >= 0.3 is 0 Å². The molecule has 1 aromatic carbocycles. The lowest BCUT2D eigenvalue weighted by molar-refractivity contribution is -0.137. The molecule has 4 nitrogen and oxygen atoms in total. The lowest BCUT2D eigenvalue weighted by Crippen LogP contribution is -2.46. The van der Waals surface area contributed by atoms with Crippen molar-refractivity contribution in [2.45, 2.75) is 50.4 Å². The average molecular weight is 362 g/mol. The average Bonchev–Trinajstić information content (AvgIpc) is 2.92. The smallest absolute Gasteiger partial charge is 0.248 e. The first-order valence-corrected chi connectivity index (χ1v) is 9.32. The lowest BCUT2D eigenvalue weighted by Gasteiger charge is -2.41. The molecule has 0 N–H and O–H groups in total. The third-order valence-electron chi connectivity index (χ3n) is 6.51. The Hall–Kier alpha value is -1.98. The quantitative estimate of drug-likeness (QED) is 0.766. The minimum absolute atomic E-state index is 0.0300. The molecule has 1 atom stereocenters. The molecular weight excluding hydrogens is 338 g/mol. The molecule has 2 aliphatic heterocycles. The van der Waals surface area contributed by atoms with E-state index in [9.17, 15) is 18.4 Å². The Bertz CT molecular complexity index is 741. The number of likely N-dealkylation sites (tertiary alicyclic amines) is 1. The summed E-state index contributed by atoms with van der Waals surface area (Å²) in [5.74, 6) is -3.12. The third-order valence-corrected chi connectivity index (χ3v) is 6.51. The Kier molecular flexibility index (Phi) is 4.04. The van der Waals surface area contributed by atoms with Gasteiger partial charge in [0, 0.05) is 45.1 Å². The molecular formula is C20H24F2N2O2. The molecule has 0 radical (unpaired) electrons. The molecule has 1 saturated carbocycles. The fraction of sp³-hybridized carbons (Fsp3) is 0.600. The molecule has 2 amide bonds. The zero-order chi connectivity index (χ0) is 18.5. The third kappa shape index (κ3) is 2.89. The van der Waals surface area contributed by atoms with Crippen molar-refractivity contribution in [3.63, 3.8) is 0 Å². The minimum Gasteiger partial charge on any atom is -0.342 e. The zero-order valence-corrected chi connectivity index (χ0v) is 15.0. The van der Waals surface area contributed by atoms with E-state index < -0.39 is 11.8 Å². The van der Waals surface area contributed by atoms with E-state index in [-0.39, 0.29) is 36.5 Å². The highest BCUT2D eigenvalue weighted by Crippen LogP contribution is 2.53. The van der Waals surface area contributed by atoms with Gasteiger partial charge in [0.05, 0.1) is 5.92 Å². The first kappa shape index (κ1) is 17.4. The maximum absolute atomic E-state index is 13.6. The summed E-state index contributed by atoms with van der Waals surface area (Å²) in [6.45, 7) is 1.02. The van der Waals surface area contributed by atoms with Crippen LogP contribution in [-0.4, -0.2) is 42.8 Å². The van der Waals surface area contributed by atoms with E-state index >= 15 is 0 Å². The Balaban J connectivity index is 1.49. The summed E-state index contributed by atoms with van der Waals surface area (Å²) in [6.07, 6.45) is 1.92. The number of carbonyl (C=O) groups is 2. The molecule has 0 bridgehead atoms. The molecule has 1 aromatic rings. The fourth-order valence-electron chi connectivity index (χ4n) is 4.89. The predicted octanol–water partition coefficient (Wildman–Crippen LogP) is 3.56. The fourth-order valence-corrected chi connectivity index (χ4v) is 4.89. The van der Waals surface area contributed by atoms with Crippen molar-refractivity contribution in [1.82, 2.24) is 4.90 Å². The van der Waals surface area contributed by atoms with Crippen molar-refractivity contribution >= 4 is 17.5 Å². The van der Waals surface area contributed by atoms with Crippen molar-refractivity contribution in [3.05, 3.63) is 29.8 Å². The molecule has 1 saturated heterocycles. The summed E-state index contributed by atoms with van der Waals surface area (Å²) >= 11 is 0. The van der Waals surface area contributed by atoms with Gasteiger partial charge in [-0.3, -0.25) is 9.59 Å². The number of rotatable bonds is 1. The number of alkyl halides is 2. The van der Waals surface area contributed by atoms with Gasteiger partial charge in [-0.1, -0.05) is 18.2 Å². The van der Waals surface area contributed by atoms with Crippen LogP contribution in [-0.2, 0) is 9.59 Å². The zero-order valence-electron chi connectivity index (χ0n) is 15.0. The summed E-state index contributed by atoms with van der Waals surface area (Å²) in [6, 6.07) is 7.51. The molecule has 1 unspecified atom stereocenters. The van der Waals surface area contributed by atoms with Crippen LogP contribution >= 0.6 is 0 Å². The molecule has 6 heteroatoms. The molecule has 1 spiro atoms. The van der Waals surface area contributed by atoms with Crippen LogP contribution in [0.5, 0.6) is 0 Å². The van der Waals surface area contributed by atoms with E-state index in [0.29, 0.717) is 32.4 Å². The Morgan fingerprint density at radius 1 is 1.12 bits per heavy atom. The van der Waals surface area contributed by atoms with Crippen LogP contribution in [0.1, 0.15) is 50.0 Å². The van der Waals surface area contributed by atoms with Crippen LogP contribution < -0.4 is 4.90 Å². The van der Waals surface area contributed by atoms with Gasteiger partial charge in [0.25, 0.3) is 0 Å². The van der Waals surface area contributed by atoms with Crippen LogP contribution in [0.4, 0.5) is 14.5 Å². The molecule has 3 aliphatic rings. The number of fused-ring (bicyclic) bond motifs is 1. The van der Waals surface area contributed by atoms with Crippen LogP contribution in [0, 0.1) is 5.41 Å². The molecule has 2 heterocycles. The molecule has 2 fully saturated rings. The summed E-state index contributed by atoms with van der Waals surface area (Å²) in [5.41, 5.74) is 1.36. The second-order valence-electron chi connectivity index (χ2n) is 8.13. The number of para-hydroxylation sites is 1. The summed E-state index contributed by atoms with van der Waals surface area (Å²) < 4.78 is 27.3. The van der Waals surface area contributed by atoms with Gasteiger partial charge in [0.1, 0.15) is 0 Å². The van der Waals surface area contributed by atoms with E-state index in [2.05, 4.69) is 0 Å². The monoisotopic (exact) mass is 362 g/mol. The molecule has 0 aromatic heterocycles. The summed E-state index contributed by atoms with van der Waals surface area (Å²) in [5, 5.41) is 0. The second-order valence-corrected chi connectivity index (χ2v) is 8.13. The Morgan fingerprint density at radius 2 is 1.81 bits per heavy atom. The maximum Gasteiger partial charge on any atom is 0.248 e. The van der Waals surface area contributed by atoms with Gasteiger partial charge in [0.2, 0.25) is 17.7 Å². The molecule has 4 rings (SSSR count). The minimum atomic E-state index is -2.55. The van der Waals surface area contributed by atoms with Crippen molar-refractivity contribution in [3.8, 4) is 0 Å². The highest BCUT2D eigenvalue weighted by atomic mass is 19.3. The van der Waals surface area contributed by atoms with Crippen LogP contribution in [0.25, 0.3) is 0 Å². The largest absolute Gasteiger partial charge is 0.342 e.